The maximum Gasteiger partial charge on any atom is 0.131 e. The van der Waals surface area contributed by atoms with Crippen molar-refractivity contribution in [3.8, 4) is 11.3 Å². The number of aliphatic imine (C=N–C) groups is 1. The number of H-pyrrole nitrogens is 1. The lowest BCUT2D eigenvalue weighted by atomic mass is 10.0. The van der Waals surface area contributed by atoms with Crippen molar-refractivity contribution in [3.63, 3.8) is 0 Å². The molecule has 0 unspecified atom stereocenters. The number of hydrogen-bond donors (Lipinski definition) is 2. The molecule has 1 aliphatic heterocycles. The van der Waals surface area contributed by atoms with E-state index in [9.17, 15) is 0 Å². The average molecular weight is 298 g/mol. The second-order valence-electron chi connectivity index (χ2n) is 4.94. The maximum atomic E-state index is 4.60. The van der Waals surface area contributed by atoms with Gasteiger partial charge in [-0.3, -0.25) is 4.99 Å². The second-order valence-corrected chi connectivity index (χ2v) is 4.94. The van der Waals surface area contributed by atoms with Gasteiger partial charge in [0.2, 0.25) is 0 Å². The van der Waals surface area contributed by atoms with Gasteiger partial charge in [0.25, 0.3) is 0 Å². The summed E-state index contributed by atoms with van der Waals surface area (Å²) in [6, 6.07) is 18.8. The molecule has 0 spiro atoms. The highest BCUT2D eigenvalue weighted by atomic mass is 35.5. The number of benzene rings is 2. The molecule has 0 saturated heterocycles. The fourth-order valence-corrected chi connectivity index (χ4v) is 2.77. The van der Waals surface area contributed by atoms with Crippen LogP contribution in [0.3, 0.4) is 0 Å². The number of hydrogen-bond acceptors (Lipinski definition) is 2. The molecular formula is C17H16ClN3. The van der Waals surface area contributed by atoms with Crippen molar-refractivity contribution in [1.82, 2.24) is 10.3 Å². The van der Waals surface area contributed by atoms with Gasteiger partial charge in [-0.15, -0.1) is 12.4 Å². The van der Waals surface area contributed by atoms with Gasteiger partial charge in [0.15, 0.2) is 0 Å². The van der Waals surface area contributed by atoms with Crippen LogP contribution in [0.15, 0.2) is 59.6 Å². The Morgan fingerprint density at radius 3 is 2.43 bits per heavy atom. The number of halogens is 1. The largest absolute Gasteiger partial charge is 0.368 e. The number of nitrogens with zero attached hydrogens (tertiary/aromatic N) is 1. The first kappa shape index (κ1) is 13.7. The molecule has 0 amide bonds. The molecule has 0 fully saturated rings. The average Bonchev–Trinajstić information content (AvgIpc) is 3.14. The standard InChI is InChI=1S/C17H15N3.ClH/c1-2-6-12(7-3-1)16-15(17-18-10-11-19-17)13-8-4-5-9-14(13)20-16;/h1-9,20H,10-11H2,(H,18,19);1H. The van der Waals surface area contributed by atoms with Crippen molar-refractivity contribution in [3.05, 3.63) is 60.2 Å². The van der Waals surface area contributed by atoms with E-state index in [1.807, 2.05) is 6.07 Å². The number of nitrogens with one attached hydrogen (secondary N) is 2. The minimum absolute atomic E-state index is 0. The summed E-state index contributed by atoms with van der Waals surface area (Å²) in [7, 11) is 0. The van der Waals surface area contributed by atoms with Crippen LogP contribution in [0.5, 0.6) is 0 Å². The third kappa shape index (κ3) is 2.30. The summed E-state index contributed by atoms with van der Waals surface area (Å²) in [4.78, 5) is 8.14. The molecule has 3 nitrogen and oxygen atoms in total. The topological polar surface area (TPSA) is 40.2 Å². The van der Waals surface area contributed by atoms with Gasteiger partial charge in [-0.1, -0.05) is 48.5 Å². The summed E-state index contributed by atoms with van der Waals surface area (Å²) in [6.45, 7) is 1.77. The maximum absolute atomic E-state index is 4.60. The van der Waals surface area contributed by atoms with Crippen LogP contribution >= 0.6 is 12.4 Å². The molecule has 0 radical (unpaired) electrons. The Labute approximate surface area is 129 Å². The van der Waals surface area contributed by atoms with E-state index in [-0.39, 0.29) is 12.4 Å². The summed E-state index contributed by atoms with van der Waals surface area (Å²) in [5, 5.41) is 4.61. The first-order valence-electron chi connectivity index (χ1n) is 6.88. The van der Waals surface area contributed by atoms with Crippen molar-refractivity contribution in [1.29, 1.82) is 0 Å². The Kier molecular flexibility index (Phi) is 3.67. The number of aromatic amines is 1. The SMILES string of the molecule is Cl.c1ccc(-c2[nH]c3ccccc3c2C2=NCCN2)cc1. The van der Waals surface area contributed by atoms with Crippen molar-refractivity contribution >= 4 is 29.1 Å². The van der Waals surface area contributed by atoms with Crippen LogP contribution in [0, 0.1) is 0 Å². The molecular weight excluding hydrogens is 282 g/mol. The lowest BCUT2D eigenvalue weighted by Gasteiger charge is -2.05. The van der Waals surface area contributed by atoms with E-state index < -0.39 is 0 Å². The number of rotatable bonds is 2. The van der Waals surface area contributed by atoms with E-state index in [4.69, 9.17) is 0 Å². The van der Waals surface area contributed by atoms with Gasteiger partial charge in [0.05, 0.1) is 12.2 Å². The predicted molar refractivity (Wildman–Crippen MR) is 90.4 cm³/mol. The van der Waals surface area contributed by atoms with Crippen LogP contribution in [0.4, 0.5) is 0 Å². The molecule has 1 aliphatic rings. The molecule has 0 bridgehead atoms. The quantitative estimate of drug-likeness (QED) is 0.745. The third-order valence-corrected chi connectivity index (χ3v) is 3.68. The van der Waals surface area contributed by atoms with E-state index >= 15 is 0 Å². The summed E-state index contributed by atoms with van der Waals surface area (Å²) in [5.41, 5.74) is 4.66. The molecule has 2 aromatic carbocycles. The zero-order chi connectivity index (χ0) is 13.4. The van der Waals surface area contributed by atoms with Crippen LogP contribution < -0.4 is 5.32 Å². The predicted octanol–water partition coefficient (Wildman–Crippen LogP) is 3.61. The van der Waals surface area contributed by atoms with Crippen LogP contribution in [0.25, 0.3) is 22.2 Å². The Morgan fingerprint density at radius 2 is 1.67 bits per heavy atom. The Hall–Kier alpha value is -2.26. The molecule has 106 valence electrons. The van der Waals surface area contributed by atoms with Gasteiger partial charge in [-0.05, 0) is 11.6 Å². The summed E-state index contributed by atoms with van der Waals surface area (Å²) >= 11 is 0. The number of fused-ring (bicyclic) bond motifs is 1. The second kappa shape index (κ2) is 5.62. The molecule has 1 aromatic heterocycles. The Balaban J connectivity index is 0.00000132. The van der Waals surface area contributed by atoms with Crippen LogP contribution in [-0.2, 0) is 0 Å². The molecule has 0 atom stereocenters. The normalized spacial score (nSPS) is 13.6. The third-order valence-electron chi connectivity index (χ3n) is 3.68. The molecule has 2 heterocycles. The molecule has 3 aromatic rings. The summed E-state index contributed by atoms with van der Waals surface area (Å²) in [6.07, 6.45) is 0. The van der Waals surface area contributed by atoms with Gasteiger partial charge >= 0.3 is 0 Å². The van der Waals surface area contributed by atoms with Gasteiger partial charge in [-0.2, -0.15) is 0 Å². The van der Waals surface area contributed by atoms with Crippen LogP contribution in [0.2, 0.25) is 0 Å². The van der Waals surface area contributed by atoms with Crippen LogP contribution in [0.1, 0.15) is 5.56 Å². The monoisotopic (exact) mass is 297 g/mol. The van der Waals surface area contributed by atoms with Crippen molar-refractivity contribution < 1.29 is 0 Å². The van der Waals surface area contributed by atoms with E-state index in [1.54, 1.807) is 0 Å². The molecule has 4 heteroatoms. The van der Waals surface area contributed by atoms with Gasteiger partial charge < -0.3 is 10.3 Å². The van der Waals surface area contributed by atoms with Crippen molar-refractivity contribution in [2.24, 2.45) is 4.99 Å². The van der Waals surface area contributed by atoms with E-state index in [2.05, 4.69) is 63.8 Å². The highest BCUT2D eigenvalue weighted by molar-refractivity contribution is 6.15. The summed E-state index contributed by atoms with van der Waals surface area (Å²) < 4.78 is 0. The van der Waals surface area contributed by atoms with Crippen molar-refractivity contribution in [2.45, 2.75) is 0 Å². The fourth-order valence-electron chi connectivity index (χ4n) is 2.77. The molecule has 21 heavy (non-hydrogen) atoms. The first-order chi connectivity index (χ1) is 9.93. The zero-order valence-electron chi connectivity index (χ0n) is 11.5. The highest BCUT2D eigenvalue weighted by Crippen LogP contribution is 2.30. The lowest BCUT2D eigenvalue weighted by molar-refractivity contribution is 0.960. The molecule has 0 aliphatic carbocycles. The number of amidine groups is 1. The summed E-state index contributed by atoms with van der Waals surface area (Å²) in [5.74, 6) is 1.00. The first-order valence-corrected chi connectivity index (χ1v) is 6.88. The molecule has 2 N–H and O–H groups in total. The molecule has 4 rings (SSSR count). The number of aromatic nitrogens is 1. The Morgan fingerprint density at radius 1 is 0.905 bits per heavy atom. The zero-order valence-corrected chi connectivity index (χ0v) is 12.3. The highest BCUT2D eigenvalue weighted by Gasteiger charge is 2.19. The number of para-hydroxylation sites is 1. The van der Waals surface area contributed by atoms with E-state index in [0.717, 1.165) is 30.1 Å². The lowest BCUT2D eigenvalue weighted by Crippen LogP contribution is -2.19. The minimum atomic E-state index is 0. The smallest absolute Gasteiger partial charge is 0.131 e. The van der Waals surface area contributed by atoms with Crippen LogP contribution in [-0.4, -0.2) is 23.9 Å². The van der Waals surface area contributed by atoms with Gasteiger partial charge in [-0.25, -0.2) is 0 Å². The Bertz CT molecular complexity index is 790. The molecule has 0 saturated carbocycles. The van der Waals surface area contributed by atoms with Gasteiger partial charge in [0, 0.05) is 23.0 Å². The van der Waals surface area contributed by atoms with E-state index in [0.29, 0.717) is 0 Å². The van der Waals surface area contributed by atoms with Crippen molar-refractivity contribution in [2.75, 3.05) is 13.1 Å². The fraction of sp³-hybridized carbons (Fsp3) is 0.118. The van der Waals surface area contributed by atoms with E-state index in [1.165, 1.54) is 16.5 Å². The minimum Gasteiger partial charge on any atom is -0.368 e. The van der Waals surface area contributed by atoms with Gasteiger partial charge in [0.1, 0.15) is 5.84 Å².